The van der Waals surface area contributed by atoms with Crippen molar-refractivity contribution < 1.29 is 4.79 Å². The topological polar surface area (TPSA) is 82.0 Å². The fraction of sp³-hybridized carbons (Fsp3) is 0.500. The van der Waals surface area contributed by atoms with E-state index in [1.54, 1.807) is 0 Å². The number of para-hydroxylation sites is 1. The smallest absolute Gasteiger partial charge is 0.258 e. The van der Waals surface area contributed by atoms with Gasteiger partial charge >= 0.3 is 0 Å². The van der Waals surface area contributed by atoms with Crippen LogP contribution in [0.4, 0.5) is 5.82 Å². The minimum absolute atomic E-state index is 0.215. The summed E-state index contributed by atoms with van der Waals surface area (Å²) in [5.41, 5.74) is 1.51. The molecule has 0 radical (unpaired) electrons. The maximum absolute atomic E-state index is 13.7. The number of nitrogens with zero attached hydrogens (tertiary/aromatic N) is 4. The van der Waals surface area contributed by atoms with E-state index in [1.165, 1.54) is 43.6 Å². The van der Waals surface area contributed by atoms with Gasteiger partial charge in [0.15, 0.2) is 5.65 Å². The molecule has 0 saturated carbocycles. The maximum atomic E-state index is 13.7. The van der Waals surface area contributed by atoms with Crippen LogP contribution in [0.15, 0.2) is 41.2 Å². The fourth-order valence-corrected chi connectivity index (χ4v) is 7.55. The summed E-state index contributed by atoms with van der Waals surface area (Å²) in [6.45, 7) is 3.69. The number of hydrogen-bond acceptors (Lipinski definition) is 7. The van der Waals surface area contributed by atoms with Crippen molar-refractivity contribution in [1.29, 1.82) is 0 Å². The van der Waals surface area contributed by atoms with Crippen LogP contribution in [0.3, 0.4) is 0 Å². The van der Waals surface area contributed by atoms with Crippen LogP contribution in [-0.2, 0) is 0 Å². The third-order valence-electron chi connectivity index (χ3n) is 8.64. The summed E-state index contributed by atoms with van der Waals surface area (Å²) < 4.78 is 3.02. The summed E-state index contributed by atoms with van der Waals surface area (Å²) >= 11 is 1.48. The van der Waals surface area contributed by atoms with Crippen LogP contribution in [-0.4, -0.2) is 77.4 Å². The van der Waals surface area contributed by atoms with Gasteiger partial charge in [-0.1, -0.05) is 12.1 Å². The predicted octanol–water partition coefficient (Wildman–Crippen LogP) is 4.56. The van der Waals surface area contributed by atoms with Crippen molar-refractivity contribution in [2.75, 3.05) is 45.6 Å². The van der Waals surface area contributed by atoms with Crippen molar-refractivity contribution in [2.45, 2.75) is 57.0 Å². The predicted molar refractivity (Wildman–Crippen MR) is 160 cm³/mol. The average molecular weight is 547 g/mol. The SMILES string of the molecule is CN1CCCC1CCCNc1ccc2c(=O)c(C(=O)NCCC3CCCN3C)c3sc4ccccc4n3c2n1. The summed E-state index contributed by atoms with van der Waals surface area (Å²) in [7, 11) is 4.35. The Morgan fingerprint density at radius 1 is 1.00 bits per heavy atom. The molecule has 2 aliphatic heterocycles. The molecule has 0 aliphatic carbocycles. The molecule has 1 amide bonds. The van der Waals surface area contributed by atoms with E-state index in [9.17, 15) is 9.59 Å². The molecule has 2 N–H and O–H groups in total. The number of anilines is 1. The summed E-state index contributed by atoms with van der Waals surface area (Å²) in [6.07, 6.45) is 8.06. The number of carbonyl (C=O) groups excluding carboxylic acids is 1. The van der Waals surface area contributed by atoms with Gasteiger partial charge < -0.3 is 20.4 Å². The van der Waals surface area contributed by atoms with Gasteiger partial charge in [0.05, 0.1) is 15.6 Å². The lowest BCUT2D eigenvalue weighted by Crippen LogP contribution is -2.34. The molecule has 9 heteroatoms. The third kappa shape index (κ3) is 5.15. The maximum Gasteiger partial charge on any atom is 0.258 e. The highest BCUT2D eigenvalue weighted by atomic mass is 32.1. The first-order valence-corrected chi connectivity index (χ1v) is 15.1. The Labute approximate surface area is 233 Å². The second kappa shape index (κ2) is 11.2. The third-order valence-corrected chi connectivity index (χ3v) is 9.79. The van der Waals surface area contributed by atoms with Crippen molar-refractivity contribution in [1.82, 2.24) is 24.5 Å². The highest BCUT2D eigenvalue weighted by Crippen LogP contribution is 2.31. The van der Waals surface area contributed by atoms with E-state index in [2.05, 4.69) is 34.5 Å². The number of amides is 1. The Morgan fingerprint density at radius 3 is 2.49 bits per heavy atom. The van der Waals surface area contributed by atoms with Crippen LogP contribution in [0.25, 0.3) is 26.1 Å². The Kier molecular flexibility index (Phi) is 7.55. The van der Waals surface area contributed by atoms with Gasteiger partial charge in [0.25, 0.3) is 5.91 Å². The number of fused-ring (bicyclic) bond motifs is 5. The number of pyridine rings is 2. The van der Waals surface area contributed by atoms with Crippen molar-refractivity contribution in [3.05, 3.63) is 52.2 Å². The second-order valence-corrected chi connectivity index (χ2v) is 12.2. The molecule has 206 valence electrons. The zero-order chi connectivity index (χ0) is 26.9. The molecule has 6 rings (SSSR count). The number of likely N-dealkylation sites (tertiary alicyclic amines) is 2. The number of aromatic nitrogens is 2. The molecule has 5 heterocycles. The van der Waals surface area contributed by atoms with Crippen molar-refractivity contribution in [2.24, 2.45) is 0 Å². The minimum atomic E-state index is -0.300. The molecular weight excluding hydrogens is 508 g/mol. The van der Waals surface area contributed by atoms with Gasteiger partial charge in [-0.25, -0.2) is 4.98 Å². The Morgan fingerprint density at radius 2 is 1.74 bits per heavy atom. The van der Waals surface area contributed by atoms with E-state index in [0.717, 1.165) is 48.4 Å². The van der Waals surface area contributed by atoms with Crippen LogP contribution in [0.1, 0.15) is 55.3 Å². The lowest BCUT2D eigenvalue weighted by molar-refractivity contribution is 0.0951. The molecule has 0 spiro atoms. The van der Waals surface area contributed by atoms with Crippen molar-refractivity contribution in [3.8, 4) is 0 Å². The normalized spacial score (nSPS) is 20.5. The number of carbonyl (C=O) groups is 1. The number of nitrogens with one attached hydrogen (secondary N) is 2. The average Bonchev–Trinajstić information content (AvgIpc) is 3.65. The number of hydrogen-bond donors (Lipinski definition) is 2. The molecule has 2 fully saturated rings. The van der Waals surface area contributed by atoms with Gasteiger partial charge in [-0.15, -0.1) is 11.3 Å². The molecule has 2 atom stereocenters. The van der Waals surface area contributed by atoms with Crippen LogP contribution in [0, 0.1) is 0 Å². The van der Waals surface area contributed by atoms with E-state index in [1.807, 2.05) is 40.8 Å². The first-order valence-electron chi connectivity index (χ1n) is 14.3. The number of thiazole rings is 1. The van der Waals surface area contributed by atoms with Crippen LogP contribution >= 0.6 is 11.3 Å². The van der Waals surface area contributed by atoms with Gasteiger partial charge in [-0.2, -0.15) is 0 Å². The Hall–Kier alpha value is -3.01. The number of benzene rings is 1. The first kappa shape index (κ1) is 26.2. The lowest BCUT2D eigenvalue weighted by Gasteiger charge is -2.19. The molecule has 0 bridgehead atoms. The van der Waals surface area contributed by atoms with E-state index < -0.39 is 0 Å². The quantitative estimate of drug-likeness (QED) is 0.300. The van der Waals surface area contributed by atoms with Gasteiger partial charge in [0, 0.05) is 25.2 Å². The molecule has 1 aromatic carbocycles. The largest absolute Gasteiger partial charge is 0.370 e. The minimum Gasteiger partial charge on any atom is -0.370 e. The van der Waals surface area contributed by atoms with Crippen LogP contribution in [0.5, 0.6) is 0 Å². The molecule has 4 aromatic rings. The highest BCUT2D eigenvalue weighted by Gasteiger charge is 2.25. The van der Waals surface area contributed by atoms with Crippen molar-refractivity contribution >= 4 is 49.1 Å². The Bertz CT molecular complexity index is 1560. The van der Waals surface area contributed by atoms with Gasteiger partial charge in [-0.3, -0.25) is 14.0 Å². The fourth-order valence-electron chi connectivity index (χ4n) is 6.37. The summed E-state index contributed by atoms with van der Waals surface area (Å²) in [4.78, 5) is 37.6. The number of rotatable bonds is 9. The lowest BCUT2D eigenvalue weighted by atomic mass is 10.1. The van der Waals surface area contributed by atoms with Crippen LogP contribution in [0.2, 0.25) is 0 Å². The standard InChI is InChI=1S/C30H38N6O2S/c1-34-18-6-9-20(34)8-5-16-31-25-14-13-22-27(37)26(29(38)32-17-15-21-10-7-19-35(21)2)30-36(28(22)33-25)23-11-3-4-12-24(23)39-30/h3-4,11-14,20-21H,5-10,15-19H2,1-2H3,(H,31,33)(H,32,38). The van der Waals surface area contributed by atoms with E-state index in [4.69, 9.17) is 4.98 Å². The van der Waals surface area contributed by atoms with E-state index in [-0.39, 0.29) is 16.9 Å². The van der Waals surface area contributed by atoms with Gasteiger partial charge in [-0.05, 0) is 96.4 Å². The molecule has 3 aromatic heterocycles. The van der Waals surface area contributed by atoms with E-state index >= 15 is 0 Å². The van der Waals surface area contributed by atoms with E-state index in [0.29, 0.717) is 34.5 Å². The first-order chi connectivity index (χ1) is 19.0. The Balaban J connectivity index is 1.29. The summed E-state index contributed by atoms with van der Waals surface area (Å²) in [5, 5.41) is 6.99. The van der Waals surface area contributed by atoms with Gasteiger partial charge in [0.2, 0.25) is 5.43 Å². The monoisotopic (exact) mass is 546 g/mol. The van der Waals surface area contributed by atoms with Crippen molar-refractivity contribution in [3.63, 3.8) is 0 Å². The molecule has 39 heavy (non-hydrogen) atoms. The second-order valence-electron chi connectivity index (χ2n) is 11.1. The zero-order valence-corrected chi connectivity index (χ0v) is 23.7. The molecule has 2 aliphatic rings. The molecule has 8 nitrogen and oxygen atoms in total. The molecule has 2 unspecified atom stereocenters. The summed E-state index contributed by atoms with van der Waals surface area (Å²) in [5.74, 6) is 0.453. The summed E-state index contributed by atoms with van der Waals surface area (Å²) in [6, 6.07) is 12.9. The zero-order valence-electron chi connectivity index (χ0n) is 22.9. The van der Waals surface area contributed by atoms with Gasteiger partial charge in [0.1, 0.15) is 16.2 Å². The van der Waals surface area contributed by atoms with Crippen LogP contribution < -0.4 is 16.1 Å². The highest BCUT2D eigenvalue weighted by molar-refractivity contribution is 7.24. The molecule has 2 saturated heterocycles. The molecular formula is C30H38N6O2S.